The van der Waals surface area contributed by atoms with Crippen molar-refractivity contribution in [3.05, 3.63) is 0 Å². The highest BCUT2D eigenvalue weighted by atomic mass is 16.3. The van der Waals surface area contributed by atoms with E-state index in [0.717, 1.165) is 54.8 Å². The average Bonchev–Trinajstić information content (AvgIpc) is 3.02. The molecule has 0 aromatic carbocycles. The molecule has 0 bridgehead atoms. The Bertz CT molecular complexity index is 648. The fourth-order valence-corrected chi connectivity index (χ4v) is 9.46. The molecule has 0 saturated heterocycles. The second-order valence-electron chi connectivity index (χ2n) is 14.5. The summed E-state index contributed by atoms with van der Waals surface area (Å²) in [6, 6.07) is 0. The van der Waals surface area contributed by atoms with Crippen molar-refractivity contribution in [2.75, 3.05) is 0 Å². The van der Waals surface area contributed by atoms with Crippen molar-refractivity contribution in [2.24, 2.45) is 51.8 Å². The molecule has 31 heavy (non-hydrogen) atoms. The SMILES string of the molecule is C[C@H](CC[C@H](O)C(C)(C)C)[C@H]1CC[C@H]2[C@@H]3CC[C@H]4C[C@@](C)(O)CC[C@]4(C)[C@H]3CC[C@]12C. The summed E-state index contributed by atoms with van der Waals surface area (Å²) in [5, 5.41) is 21.3. The molecule has 4 fully saturated rings. The van der Waals surface area contributed by atoms with Crippen molar-refractivity contribution >= 4 is 0 Å². The minimum Gasteiger partial charge on any atom is -0.393 e. The molecule has 2 N–H and O–H groups in total. The van der Waals surface area contributed by atoms with Gasteiger partial charge in [-0.05, 0) is 129 Å². The highest BCUT2D eigenvalue weighted by molar-refractivity contribution is 5.10. The van der Waals surface area contributed by atoms with Gasteiger partial charge in [-0.2, -0.15) is 0 Å². The summed E-state index contributed by atoms with van der Waals surface area (Å²) in [6.45, 7) is 16.3. The fraction of sp³-hybridized carbons (Fsp3) is 1.00. The molecule has 10 atom stereocenters. The molecule has 4 saturated carbocycles. The van der Waals surface area contributed by atoms with Crippen LogP contribution in [-0.2, 0) is 0 Å². The Balaban J connectivity index is 1.45. The Morgan fingerprint density at radius 2 is 1.52 bits per heavy atom. The monoisotopic (exact) mass is 432 g/mol. The van der Waals surface area contributed by atoms with Crippen molar-refractivity contribution in [1.82, 2.24) is 0 Å². The van der Waals surface area contributed by atoms with E-state index in [1.54, 1.807) is 0 Å². The lowest BCUT2D eigenvalue weighted by Gasteiger charge is -2.62. The minimum atomic E-state index is -0.425. The van der Waals surface area contributed by atoms with E-state index in [2.05, 4.69) is 48.5 Å². The predicted octanol–water partition coefficient (Wildman–Crippen LogP) is 7.22. The first-order chi connectivity index (χ1) is 14.3. The van der Waals surface area contributed by atoms with Gasteiger partial charge >= 0.3 is 0 Å². The van der Waals surface area contributed by atoms with E-state index < -0.39 is 5.60 Å². The molecular formula is C29H52O2. The van der Waals surface area contributed by atoms with Gasteiger partial charge in [0.25, 0.3) is 0 Å². The lowest BCUT2D eigenvalue weighted by atomic mass is 9.43. The number of aliphatic hydroxyl groups is 2. The van der Waals surface area contributed by atoms with Gasteiger partial charge in [0.15, 0.2) is 0 Å². The fourth-order valence-electron chi connectivity index (χ4n) is 9.46. The molecule has 2 nitrogen and oxygen atoms in total. The van der Waals surface area contributed by atoms with E-state index >= 15 is 0 Å². The van der Waals surface area contributed by atoms with E-state index in [1.807, 2.05) is 0 Å². The smallest absolute Gasteiger partial charge is 0.0622 e. The molecule has 180 valence electrons. The molecule has 0 heterocycles. The minimum absolute atomic E-state index is 0.00137. The van der Waals surface area contributed by atoms with E-state index in [4.69, 9.17) is 0 Å². The van der Waals surface area contributed by atoms with Crippen LogP contribution in [0.3, 0.4) is 0 Å². The maximum Gasteiger partial charge on any atom is 0.0622 e. The highest BCUT2D eigenvalue weighted by Crippen LogP contribution is 2.68. The summed E-state index contributed by atoms with van der Waals surface area (Å²) in [5.41, 5.74) is 0.550. The summed E-state index contributed by atoms with van der Waals surface area (Å²) in [6.07, 6.45) is 13.6. The van der Waals surface area contributed by atoms with E-state index in [1.165, 1.54) is 51.4 Å². The Morgan fingerprint density at radius 3 is 2.19 bits per heavy atom. The number of fused-ring (bicyclic) bond motifs is 5. The topological polar surface area (TPSA) is 40.5 Å². The van der Waals surface area contributed by atoms with Gasteiger partial charge in [0.1, 0.15) is 0 Å². The van der Waals surface area contributed by atoms with Gasteiger partial charge in [-0.25, -0.2) is 0 Å². The van der Waals surface area contributed by atoms with Gasteiger partial charge < -0.3 is 10.2 Å². The van der Waals surface area contributed by atoms with Crippen LogP contribution in [0.1, 0.15) is 119 Å². The zero-order valence-electron chi connectivity index (χ0n) is 21.7. The zero-order valence-corrected chi connectivity index (χ0v) is 21.7. The first kappa shape index (κ1) is 24.1. The van der Waals surface area contributed by atoms with Crippen LogP contribution in [0.4, 0.5) is 0 Å². The Hall–Kier alpha value is -0.0800. The van der Waals surface area contributed by atoms with Crippen LogP contribution in [-0.4, -0.2) is 21.9 Å². The molecule has 4 aliphatic carbocycles. The standard InChI is InChI=1S/C29H52O2/c1-19(8-13-25(30)26(2,3)4)22-11-12-23-21-10-9-20-18-27(5,31)16-17-28(20,6)24(21)14-15-29(22,23)7/h19-25,30-31H,8-18H2,1-7H3/t19-,20+,21+,22-,23+,24+,25+,27+,28+,29-/m1/s1. The van der Waals surface area contributed by atoms with Gasteiger partial charge in [-0.3, -0.25) is 0 Å². The number of aliphatic hydroxyl groups excluding tert-OH is 1. The van der Waals surface area contributed by atoms with Gasteiger partial charge in [0, 0.05) is 0 Å². The van der Waals surface area contributed by atoms with Crippen molar-refractivity contribution in [1.29, 1.82) is 0 Å². The van der Waals surface area contributed by atoms with E-state index in [9.17, 15) is 10.2 Å². The first-order valence-electron chi connectivity index (χ1n) is 13.7. The number of hydrogen-bond donors (Lipinski definition) is 2. The molecule has 0 aromatic rings. The molecule has 0 unspecified atom stereocenters. The third-order valence-electron chi connectivity index (χ3n) is 11.6. The van der Waals surface area contributed by atoms with Crippen LogP contribution < -0.4 is 0 Å². The molecule has 2 heteroatoms. The molecule has 0 aromatic heterocycles. The molecule has 4 aliphatic rings. The second kappa shape index (κ2) is 8.00. The Morgan fingerprint density at radius 1 is 0.839 bits per heavy atom. The Labute approximate surface area is 193 Å². The zero-order chi connectivity index (χ0) is 22.8. The molecule has 0 radical (unpaired) electrons. The summed E-state index contributed by atoms with van der Waals surface area (Å²) in [5.74, 6) is 5.00. The van der Waals surface area contributed by atoms with Crippen molar-refractivity contribution in [2.45, 2.75) is 131 Å². The molecule has 0 aliphatic heterocycles. The summed E-state index contributed by atoms with van der Waals surface area (Å²) in [7, 11) is 0. The van der Waals surface area contributed by atoms with Gasteiger partial charge in [-0.1, -0.05) is 41.5 Å². The summed E-state index contributed by atoms with van der Waals surface area (Å²) >= 11 is 0. The van der Waals surface area contributed by atoms with Crippen molar-refractivity contribution < 1.29 is 10.2 Å². The molecule has 4 rings (SSSR count). The Kier molecular flexibility index (Phi) is 6.21. The first-order valence-corrected chi connectivity index (χ1v) is 13.7. The quantitative estimate of drug-likeness (QED) is 0.492. The van der Waals surface area contributed by atoms with Crippen LogP contribution >= 0.6 is 0 Å². The van der Waals surface area contributed by atoms with Crippen molar-refractivity contribution in [3.8, 4) is 0 Å². The summed E-state index contributed by atoms with van der Waals surface area (Å²) < 4.78 is 0. The van der Waals surface area contributed by atoms with E-state index in [-0.39, 0.29) is 11.5 Å². The molecular weight excluding hydrogens is 380 g/mol. The van der Waals surface area contributed by atoms with Gasteiger partial charge in [0.05, 0.1) is 11.7 Å². The largest absolute Gasteiger partial charge is 0.393 e. The van der Waals surface area contributed by atoms with Crippen molar-refractivity contribution in [3.63, 3.8) is 0 Å². The van der Waals surface area contributed by atoms with Crippen LogP contribution in [0.15, 0.2) is 0 Å². The second-order valence-corrected chi connectivity index (χ2v) is 14.5. The van der Waals surface area contributed by atoms with Crippen LogP contribution in [0.5, 0.6) is 0 Å². The predicted molar refractivity (Wildman–Crippen MR) is 130 cm³/mol. The average molecular weight is 433 g/mol. The third kappa shape index (κ3) is 4.16. The third-order valence-corrected chi connectivity index (χ3v) is 11.6. The number of rotatable bonds is 4. The summed E-state index contributed by atoms with van der Waals surface area (Å²) in [4.78, 5) is 0. The van der Waals surface area contributed by atoms with Gasteiger partial charge in [0.2, 0.25) is 0 Å². The maximum absolute atomic E-state index is 10.7. The van der Waals surface area contributed by atoms with Crippen LogP contribution in [0.2, 0.25) is 0 Å². The number of hydrogen-bond acceptors (Lipinski definition) is 2. The molecule has 0 amide bonds. The normalized spacial score (nSPS) is 49.6. The molecule has 0 spiro atoms. The van der Waals surface area contributed by atoms with Crippen LogP contribution in [0.25, 0.3) is 0 Å². The van der Waals surface area contributed by atoms with Crippen LogP contribution in [0, 0.1) is 51.8 Å². The lowest BCUT2D eigenvalue weighted by molar-refractivity contribution is -0.148. The lowest BCUT2D eigenvalue weighted by Crippen LogP contribution is -2.55. The highest BCUT2D eigenvalue weighted by Gasteiger charge is 2.61. The van der Waals surface area contributed by atoms with Gasteiger partial charge in [-0.15, -0.1) is 0 Å². The van der Waals surface area contributed by atoms with E-state index in [0.29, 0.717) is 10.8 Å². The maximum atomic E-state index is 10.7.